The predicted octanol–water partition coefficient (Wildman–Crippen LogP) is 6.26. The number of halogens is 3. The van der Waals surface area contributed by atoms with Gasteiger partial charge in [-0.05, 0) is 66.6 Å². The summed E-state index contributed by atoms with van der Waals surface area (Å²) in [6, 6.07) is 18.9. The molecule has 0 radical (unpaired) electrons. The fourth-order valence-electron chi connectivity index (χ4n) is 4.01. The molecule has 1 saturated heterocycles. The Hall–Kier alpha value is -2.63. The number of aryl methyl sites for hydroxylation is 1. The van der Waals surface area contributed by atoms with Gasteiger partial charge in [-0.25, -0.2) is 8.78 Å². The lowest BCUT2D eigenvalue weighted by Gasteiger charge is -2.36. The lowest BCUT2D eigenvalue weighted by Crippen LogP contribution is -2.46. The molecule has 0 unspecified atom stereocenters. The minimum Gasteiger partial charge on any atom is -0.484 e. The largest absolute Gasteiger partial charge is 0.484 e. The molecule has 3 aromatic carbocycles. The van der Waals surface area contributed by atoms with E-state index in [1.54, 1.807) is 12.1 Å². The first-order valence-corrected chi connectivity index (χ1v) is 11.3. The van der Waals surface area contributed by atoms with Crippen LogP contribution in [0.15, 0.2) is 66.7 Å². The van der Waals surface area contributed by atoms with Crippen LogP contribution in [-0.4, -0.2) is 37.6 Å². The summed E-state index contributed by atoms with van der Waals surface area (Å²) in [6.07, 6.45) is 0.525. The van der Waals surface area contributed by atoms with E-state index in [0.717, 1.165) is 56.0 Å². The summed E-state index contributed by atoms with van der Waals surface area (Å²) >= 11 is 6.36. The molecule has 32 heavy (non-hydrogen) atoms. The third-order valence-corrected chi connectivity index (χ3v) is 6.18. The van der Waals surface area contributed by atoms with Gasteiger partial charge in [-0.1, -0.05) is 29.8 Å². The van der Waals surface area contributed by atoms with E-state index in [9.17, 15) is 8.78 Å². The zero-order chi connectivity index (χ0) is 22.5. The molecule has 1 heterocycles. The second-order valence-electron chi connectivity index (χ2n) is 8.19. The van der Waals surface area contributed by atoms with Crippen molar-refractivity contribution in [2.75, 3.05) is 37.6 Å². The van der Waals surface area contributed by atoms with Crippen molar-refractivity contribution >= 4 is 17.3 Å². The first-order valence-electron chi connectivity index (χ1n) is 10.9. The number of nitrogens with zero attached hydrogens (tertiary/aromatic N) is 2. The van der Waals surface area contributed by atoms with Crippen molar-refractivity contribution in [1.82, 2.24) is 4.90 Å². The molecule has 0 aliphatic carbocycles. The number of benzene rings is 3. The van der Waals surface area contributed by atoms with Crippen LogP contribution in [0.2, 0.25) is 5.02 Å². The van der Waals surface area contributed by atoms with Crippen LogP contribution in [0.5, 0.6) is 5.75 Å². The van der Waals surface area contributed by atoms with E-state index in [0.29, 0.717) is 10.8 Å². The van der Waals surface area contributed by atoms with Crippen LogP contribution in [-0.2, 0) is 0 Å². The van der Waals surface area contributed by atoms with Gasteiger partial charge >= 0.3 is 0 Å². The average Bonchev–Trinajstić information content (AvgIpc) is 2.80. The monoisotopic (exact) mass is 456 g/mol. The summed E-state index contributed by atoms with van der Waals surface area (Å²) in [5, 5.41) is 0.565. The van der Waals surface area contributed by atoms with Gasteiger partial charge in [-0.15, -0.1) is 0 Å². The molecule has 1 atom stereocenters. The normalized spacial score (nSPS) is 15.6. The van der Waals surface area contributed by atoms with Crippen LogP contribution in [0.4, 0.5) is 14.5 Å². The molecule has 0 bridgehead atoms. The Kier molecular flexibility index (Phi) is 7.28. The minimum absolute atomic E-state index is 0.215. The van der Waals surface area contributed by atoms with Crippen molar-refractivity contribution < 1.29 is 13.5 Å². The predicted molar refractivity (Wildman–Crippen MR) is 126 cm³/mol. The highest BCUT2D eigenvalue weighted by atomic mass is 35.5. The highest BCUT2D eigenvalue weighted by Gasteiger charge is 2.21. The Morgan fingerprint density at radius 2 is 1.50 bits per heavy atom. The van der Waals surface area contributed by atoms with Crippen molar-refractivity contribution in [1.29, 1.82) is 0 Å². The van der Waals surface area contributed by atoms with Crippen molar-refractivity contribution in [2.45, 2.75) is 19.4 Å². The SMILES string of the molecule is Cc1ccc(Cl)c(O[C@@H](CCN2CCN(c3ccc(F)cc3)CC2)c2ccc(F)cc2)c1. The first kappa shape index (κ1) is 22.6. The standard InChI is InChI=1S/C26H27ClF2N2O/c1-19-2-11-24(27)26(18-19)32-25(20-3-5-21(28)6-4-20)12-13-30-14-16-31(17-15-30)23-9-7-22(29)8-10-23/h2-11,18,25H,12-17H2,1H3/t25-/m0/s1. The maximum absolute atomic E-state index is 13.5. The van der Waals surface area contributed by atoms with E-state index in [-0.39, 0.29) is 17.7 Å². The molecule has 3 aromatic rings. The Morgan fingerprint density at radius 3 is 2.16 bits per heavy atom. The van der Waals surface area contributed by atoms with Gasteiger partial charge in [0.1, 0.15) is 23.5 Å². The van der Waals surface area contributed by atoms with E-state index in [2.05, 4.69) is 9.80 Å². The summed E-state index contributed by atoms with van der Waals surface area (Å²) in [7, 11) is 0. The van der Waals surface area contributed by atoms with E-state index in [1.807, 2.05) is 37.3 Å². The van der Waals surface area contributed by atoms with Crippen LogP contribution >= 0.6 is 11.6 Å². The molecule has 6 heteroatoms. The number of hydrogen-bond acceptors (Lipinski definition) is 3. The van der Waals surface area contributed by atoms with Crippen LogP contribution < -0.4 is 9.64 Å². The molecule has 0 spiro atoms. The molecule has 4 rings (SSSR count). The maximum atomic E-state index is 13.5. The van der Waals surface area contributed by atoms with Gasteiger partial charge < -0.3 is 9.64 Å². The Morgan fingerprint density at radius 1 is 0.875 bits per heavy atom. The number of rotatable bonds is 7. The Bertz CT molecular complexity index is 1020. The summed E-state index contributed by atoms with van der Waals surface area (Å²) in [5.74, 6) is 0.160. The number of anilines is 1. The summed E-state index contributed by atoms with van der Waals surface area (Å²) in [5.41, 5.74) is 3.04. The second kappa shape index (κ2) is 10.3. The van der Waals surface area contributed by atoms with E-state index in [1.165, 1.54) is 24.3 Å². The summed E-state index contributed by atoms with van der Waals surface area (Å²) in [4.78, 5) is 4.67. The number of hydrogen-bond donors (Lipinski definition) is 0. The van der Waals surface area contributed by atoms with Crippen molar-refractivity contribution in [3.8, 4) is 5.75 Å². The zero-order valence-electron chi connectivity index (χ0n) is 18.1. The Balaban J connectivity index is 1.39. The van der Waals surface area contributed by atoms with Crippen molar-refractivity contribution in [2.24, 2.45) is 0 Å². The molecular formula is C26H27ClF2N2O. The fourth-order valence-corrected chi connectivity index (χ4v) is 4.17. The van der Waals surface area contributed by atoms with E-state index < -0.39 is 0 Å². The van der Waals surface area contributed by atoms with Crippen molar-refractivity contribution in [3.63, 3.8) is 0 Å². The molecule has 0 amide bonds. The second-order valence-corrected chi connectivity index (χ2v) is 8.59. The highest BCUT2D eigenvalue weighted by Crippen LogP contribution is 2.32. The van der Waals surface area contributed by atoms with Crippen LogP contribution in [0.1, 0.15) is 23.7 Å². The molecule has 1 aliphatic rings. The fraction of sp³-hybridized carbons (Fsp3) is 0.308. The first-order chi connectivity index (χ1) is 15.5. The quantitative estimate of drug-likeness (QED) is 0.417. The molecule has 168 valence electrons. The van der Waals surface area contributed by atoms with Gasteiger partial charge in [0, 0.05) is 44.8 Å². The van der Waals surface area contributed by atoms with Crippen LogP contribution in [0.3, 0.4) is 0 Å². The highest BCUT2D eigenvalue weighted by molar-refractivity contribution is 6.32. The molecular weight excluding hydrogens is 430 g/mol. The van der Waals surface area contributed by atoms with Gasteiger partial charge in [0.15, 0.2) is 0 Å². The van der Waals surface area contributed by atoms with Crippen molar-refractivity contribution in [3.05, 3.63) is 94.5 Å². The molecule has 0 saturated carbocycles. The lowest BCUT2D eigenvalue weighted by molar-refractivity contribution is 0.160. The number of ether oxygens (including phenoxy) is 1. The lowest BCUT2D eigenvalue weighted by atomic mass is 10.1. The topological polar surface area (TPSA) is 15.7 Å². The smallest absolute Gasteiger partial charge is 0.139 e. The van der Waals surface area contributed by atoms with Gasteiger partial charge in [0.2, 0.25) is 0 Å². The van der Waals surface area contributed by atoms with E-state index in [4.69, 9.17) is 16.3 Å². The van der Waals surface area contributed by atoms with E-state index >= 15 is 0 Å². The summed E-state index contributed by atoms with van der Waals surface area (Å²) in [6.45, 7) is 6.45. The maximum Gasteiger partial charge on any atom is 0.139 e. The zero-order valence-corrected chi connectivity index (χ0v) is 18.9. The molecule has 3 nitrogen and oxygen atoms in total. The van der Waals surface area contributed by atoms with Gasteiger partial charge in [-0.2, -0.15) is 0 Å². The molecule has 0 aromatic heterocycles. The van der Waals surface area contributed by atoms with Crippen LogP contribution in [0, 0.1) is 18.6 Å². The van der Waals surface area contributed by atoms with Gasteiger partial charge in [0.25, 0.3) is 0 Å². The molecule has 1 fully saturated rings. The summed E-state index contributed by atoms with van der Waals surface area (Å²) < 4.78 is 33.0. The number of piperazine rings is 1. The third-order valence-electron chi connectivity index (χ3n) is 5.87. The van der Waals surface area contributed by atoms with Crippen LogP contribution in [0.25, 0.3) is 0 Å². The average molecular weight is 457 g/mol. The Labute approximate surface area is 193 Å². The van der Waals surface area contributed by atoms with Gasteiger partial charge in [0.05, 0.1) is 5.02 Å². The van der Waals surface area contributed by atoms with Gasteiger partial charge in [-0.3, -0.25) is 4.90 Å². The molecule has 0 N–H and O–H groups in total. The third kappa shape index (κ3) is 5.78. The molecule has 1 aliphatic heterocycles. The minimum atomic E-state index is -0.266.